The Morgan fingerprint density at radius 1 is 1.40 bits per heavy atom. The number of aliphatic carboxylic acids is 1. The van der Waals surface area contributed by atoms with E-state index in [1.54, 1.807) is 6.92 Å². The van der Waals surface area contributed by atoms with Gasteiger partial charge in [0.05, 0.1) is 0 Å². The van der Waals surface area contributed by atoms with Crippen LogP contribution in [0, 0.1) is 0 Å². The Morgan fingerprint density at radius 3 is 2.74 bits per heavy atom. The third-order valence-corrected chi connectivity index (χ3v) is 7.14. The Kier molecular flexibility index (Phi) is 7.28. The standard InChI is InChI=1S/C20H22N8O5S2/c1-2-33-25-12(15-24-20(22)35-26-15)16(29)23-13-17(30)28-14(19(31)32)11(9-34-18(13)28)8-27-5-3-10(7-21)4-6-27/h3-6,13,18H,2,7-9,21H2,1H3,(H3-,22,23,24,26,29,31,32)/p+1/t13?,18-/m1/s1. The van der Waals surface area contributed by atoms with Gasteiger partial charge in [-0.15, -0.1) is 11.8 Å². The lowest BCUT2D eigenvalue weighted by atomic mass is 10.0. The van der Waals surface area contributed by atoms with Crippen molar-refractivity contribution >= 4 is 51.9 Å². The van der Waals surface area contributed by atoms with Crippen LogP contribution in [-0.4, -0.2) is 66.6 Å². The molecule has 0 aliphatic carbocycles. The van der Waals surface area contributed by atoms with Crippen molar-refractivity contribution in [1.82, 2.24) is 19.6 Å². The summed E-state index contributed by atoms with van der Waals surface area (Å²) in [7, 11) is 0. The van der Waals surface area contributed by atoms with Gasteiger partial charge in [0.1, 0.15) is 23.7 Å². The Labute approximate surface area is 208 Å². The molecule has 0 aromatic carbocycles. The smallest absolute Gasteiger partial charge is 0.352 e. The van der Waals surface area contributed by atoms with E-state index in [9.17, 15) is 19.5 Å². The second-order valence-electron chi connectivity index (χ2n) is 7.51. The maximum Gasteiger partial charge on any atom is 0.352 e. The molecule has 1 fully saturated rings. The number of pyridine rings is 1. The summed E-state index contributed by atoms with van der Waals surface area (Å²) >= 11 is 2.26. The number of nitrogens with zero attached hydrogens (tertiary/aromatic N) is 5. The summed E-state index contributed by atoms with van der Waals surface area (Å²) in [5.41, 5.74) is 12.5. The molecule has 2 aliphatic heterocycles. The summed E-state index contributed by atoms with van der Waals surface area (Å²) in [5.74, 6) is -2.11. The van der Waals surface area contributed by atoms with Gasteiger partial charge in [-0.3, -0.25) is 14.5 Å². The van der Waals surface area contributed by atoms with E-state index < -0.39 is 29.2 Å². The van der Waals surface area contributed by atoms with Crippen LogP contribution in [0.25, 0.3) is 0 Å². The normalized spacial score (nSPS) is 19.8. The number of β-lactam (4-membered cyclic amide) rings is 1. The van der Waals surface area contributed by atoms with Crippen molar-refractivity contribution < 1.29 is 28.9 Å². The van der Waals surface area contributed by atoms with Crippen LogP contribution in [0.2, 0.25) is 0 Å². The molecule has 2 atom stereocenters. The quantitative estimate of drug-likeness (QED) is 0.139. The zero-order valence-electron chi connectivity index (χ0n) is 18.6. The lowest BCUT2D eigenvalue weighted by Gasteiger charge is -2.49. The number of fused-ring (bicyclic) bond motifs is 1. The fraction of sp³-hybridized carbons (Fsp3) is 0.350. The number of carboxylic acids is 1. The summed E-state index contributed by atoms with van der Waals surface area (Å²) in [6.45, 7) is 2.60. The summed E-state index contributed by atoms with van der Waals surface area (Å²) in [6, 6.07) is 2.77. The maximum absolute atomic E-state index is 13.0. The van der Waals surface area contributed by atoms with Crippen molar-refractivity contribution in [3.8, 4) is 0 Å². The van der Waals surface area contributed by atoms with Gasteiger partial charge in [0.2, 0.25) is 11.5 Å². The second-order valence-corrected chi connectivity index (χ2v) is 9.40. The fourth-order valence-corrected chi connectivity index (χ4v) is 5.38. The van der Waals surface area contributed by atoms with Gasteiger partial charge in [0.25, 0.3) is 11.8 Å². The summed E-state index contributed by atoms with van der Waals surface area (Å²) in [5, 5.41) is 15.8. The summed E-state index contributed by atoms with van der Waals surface area (Å²) in [6.07, 6.45) is 3.62. The van der Waals surface area contributed by atoms with Gasteiger partial charge in [-0.1, -0.05) is 5.16 Å². The number of anilines is 1. The molecule has 0 bridgehead atoms. The van der Waals surface area contributed by atoms with E-state index in [1.807, 2.05) is 29.1 Å². The van der Waals surface area contributed by atoms with Gasteiger partial charge in [0.15, 0.2) is 24.1 Å². The van der Waals surface area contributed by atoms with Crippen LogP contribution in [0.4, 0.5) is 5.13 Å². The first-order valence-corrected chi connectivity index (χ1v) is 12.3. The number of nitrogens with one attached hydrogen (secondary N) is 1. The minimum atomic E-state index is -1.21. The first kappa shape index (κ1) is 24.6. The minimum Gasteiger partial charge on any atom is -0.477 e. The van der Waals surface area contributed by atoms with E-state index in [1.165, 1.54) is 16.7 Å². The van der Waals surface area contributed by atoms with Crippen molar-refractivity contribution in [3.63, 3.8) is 0 Å². The number of rotatable bonds is 9. The molecule has 0 spiro atoms. The third kappa shape index (κ3) is 4.96. The zero-order valence-corrected chi connectivity index (χ0v) is 20.2. The molecule has 1 unspecified atom stereocenters. The molecular formula is C20H23N8O5S2+. The zero-order chi connectivity index (χ0) is 25.1. The molecule has 13 nitrogen and oxygen atoms in total. The first-order valence-electron chi connectivity index (χ1n) is 10.5. The third-order valence-electron chi connectivity index (χ3n) is 5.26. The molecule has 1 saturated heterocycles. The maximum atomic E-state index is 13.0. The van der Waals surface area contributed by atoms with Crippen molar-refractivity contribution in [1.29, 1.82) is 0 Å². The Bertz CT molecular complexity index is 1210. The molecule has 4 heterocycles. The van der Waals surface area contributed by atoms with Crippen LogP contribution >= 0.6 is 23.3 Å². The van der Waals surface area contributed by atoms with Crippen LogP contribution in [0.1, 0.15) is 18.3 Å². The molecule has 2 amide bonds. The number of hydrogen-bond donors (Lipinski definition) is 4. The molecule has 4 rings (SSSR count). The van der Waals surface area contributed by atoms with E-state index in [-0.39, 0.29) is 29.0 Å². The highest BCUT2D eigenvalue weighted by Crippen LogP contribution is 2.40. The van der Waals surface area contributed by atoms with Crippen LogP contribution in [-0.2, 0) is 32.3 Å². The number of aromatic nitrogens is 3. The van der Waals surface area contributed by atoms with Gasteiger partial charge in [-0.2, -0.15) is 9.36 Å². The van der Waals surface area contributed by atoms with Gasteiger partial charge < -0.3 is 26.7 Å². The Hall–Kier alpha value is -3.56. The van der Waals surface area contributed by atoms with Crippen molar-refractivity contribution in [2.75, 3.05) is 18.1 Å². The molecular weight excluding hydrogens is 496 g/mol. The topological polar surface area (TPSA) is 190 Å². The predicted octanol–water partition coefficient (Wildman–Crippen LogP) is -0.954. The molecule has 2 aliphatic rings. The van der Waals surface area contributed by atoms with E-state index in [2.05, 4.69) is 19.8 Å². The molecule has 6 N–H and O–H groups in total. The van der Waals surface area contributed by atoms with Crippen molar-refractivity contribution in [2.45, 2.75) is 31.4 Å². The fourth-order valence-electron chi connectivity index (χ4n) is 3.61. The number of nitrogens with two attached hydrogens (primary N) is 2. The average molecular weight is 520 g/mol. The highest BCUT2D eigenvalue weighted by atomic mass is 32.2. The number of thioether (sulfide) groups is 1. The average Bonchev–Trinajstić information content (AvgIpc) is 3.28. The largest absolute Gasteiger partial charge is 0.477 e. The lowest BCUT2D eigenvalue weighted by Crippen LogP contribution is -2.71. The van der Waals surface area contributed by atoms with Gasteiger partial charge in [-0.25, -0.2) is 9.36 Å². The minimum absolute atomic E-state index is 0.0236. The van der Waals surface area contributed by atoms with E-state index in [4.69, 9.17) is 16.3 Å². The summed E-state index contributed by atoms with van der Waals surface area (Å²) in [4.78, 5) is 48.1. The van der Waals surface area contributed by atoms with E-state index >= 15 is 0 Å². The number of carbonyl (C=O) groups excluding carboxylic acids is 2. The van der Waals surface area contributed by atoms with E-state index in [0.29, 0.717) is 24.4 Å². The number of carbonyl (C=O) groups is 3. The predicted molar refractivity (Wildman–Crippen MR) is 127 cm³/mol. The van der Waals surface area contributed by atoms with Crippen LogP contribution in [0.3, 0.4) is 0 Å². The van der Waals surface area contributed by atoms with E-state index in [0.717, 1.165) is 17.1 Å². The second kappa shape index (κ2) is 10.4. The molecule has 2 aromatic rings. The number of nitrogen functional groups attached to an aromatic ring is 1. The lowest BCUT2D eigenvalue weighted by molar-refractivity contribution is -0.689. The van der Waals surface area contributed by atoms with Gasteiger partial charge >= 0.3 is 5.97 Å². The van der Waals surface area contributed by atoms with Crippen molar-refractivity contribution in [3.05, 3.63) is 47.2 Å². The number of amides is 2. The van der Waals surface area contributed by atoms with Gasteiger partial charge in [-0.05, 0) is 12.5 Å². The van der Waals surface area contributed by atoms with Crippen LogP contribution in [0.5, 0.6) is 0 Å². The highest BCUT2D eigenvalue weighted by Gasteiger charge is 2.54. The first-order chi connectivity index (χ1) is 16.8. The van der Waals surface area contributed by atoms with Crippen LogP contribution in [0.15, 0.2) is 41.0 Å². The van der Waals surface area contributed by atoms with Crippen molar-refractivity contribution in [2.24, 2.45) is 10.9 Å². The van der Waals surface area contributed by atoms with Gasteiger partial charge in [0, 0.05) is 41.5 Å². The number of oxime groups is 1. The summed E-state index contributed by atoms with van der Waals surface area (Å²) < 4.78 is 5.80. The molecule has 15 heteroatoms. The van der Waals surface area contributed by atoms with Crippen LogP contribution < -0.4 is 21.4 Å². The molecule has 0 radical (unpaired) electrons. The molecule has 0 saturated carbocycles. The molecule has 2 aromatic heterocycles. The number of hydrogen-bond acceptors (Lipinski definition) is 11. The molecule has 184 valence electrons. The number of carboxylic acid groups (broad SMARTS) is 1. The highest BCUT2D eigenvalue weighted by molar-refractivity contribution is 8.00. The monoisotopic (exact) mass is 519 g/mol. The Balaban J connectivity index is 1.52. The Morgan fingerprint density at radius 2 is 2.14 bits per heavy atom. The molecule has 35 heavy (non-hydrogen) atoms. The SMILES string of the molecule is CCON=C(C(=O)NC1C(=O)N2C(C(=O)O)=C(C[n+]3ccc(CN)cc3)CS[C@H]12)c1nsc(N)n1.